The predicted octanol–water partition coefficient (Wildman–Crippen LogP) is 2.66. The molecule has 0 bridgehead atoms. The zero-order valence-electron chi connectivity index (χ0n) is 15.7. The molecule has 2 amide bonds. The fourth-order valence-electron chi connectivity index (χ4n) is 3.27. The van der Waals surface area contributed by atoms with Crippen LogP contribution in [-0.2, 0) is 9.59 Å². The molecule has 2 aromatic rings. The van der Waals surface area contributed by atoms with Gasteiger partial charge in [0, 0.05) is 18.7 Å². The van der Waals surface area contributed by atoms with Gasteiger partial charge in [-0.05, 0) is 38.1 Å². The first kappa shape index (κ1) is 19.2. The molecule has 1 atom stereocenters. The number of furan rings is 1. The quantitative estimate of drug-likeness (QED) is 0.797. The number of hydrogen-bond acceptors (Lipinski definition) is 6. The fraction of sp³-hybridized carbons (Fsp3) is 0.300. The molecule has 1 aliphatic heterocycles. The summed E-state index contributed by atoms with van der Waals surface area (Å²) < 4.78 is 10.5. The van der Waals surface area contributed by atoms with Gasteiger partial charge >= 0.3 is 0 Å². The number of nitrogens with one attached hydrogen (secondary N) is 1. The van der Waals surface area contributed by atoms with Gasteiger partial charge in [-0.1, -0.05) is 0 Å². The van der Waals surface area contributed by atoms with E-state index in [0.29, 0.717) is 11.4 Å². The summed E-state index contributed by atoms with van der Waals surface area (Å²) in [5.41, 5.74) is 0.821. The van der Waals surface area contributed by atoms with Crippen molar-refractivity contribution in [1.82, 2.24) is 0 Å². The molecule has 1 aliphatic rings. The molecule has 1 N–H and O–H groups in total. The second-order valence-corrected chi connectivity index (χ2v) is 6.50. The fourth-order valence-corrected chi connectivity index (χ4v) is 3.27. The number of aryl methyl sites for hydroxylation is 1. The molecular formula is C20H19N3O5. The minimum absolute atomic E-state index is 0.00492. The normalized spacial score (nSPS) is 16.0. The van der Waals surface area contributed by atoms with Crippen molar-refractivity contribution in [3.8, 4) is 11.8 Å². The summed E-state index contributed by atoms with van der Waals surface area (Å²) in [4.78, 5) is 38.2. The van der Waals surface area contributed by atoms with Crippen LogP contribution >= 0.6 is 0 Å². The van der Waals surface area contributed by atoms with Crippen molar-refractivity contribution in [2.45, 2.75) is 20.3 Å². The molecule has 144 valence electrons. The molecule has 28 heavy (non-hydrogen) atoms. The molecule has 1 aromatic heterocycles. The Kier molecular flexibility index (Phi) is 5.18. The number of hydrogen-bond donors (Lipinski definition) is 1. The number of methoxy groups -OCH3 is 1. The molecule has 1 fully saturated rings. The van der Waals surface area contributed by atoms with Crippen LogP contribution in [0.3, 0.4) is 0 Å². The molecule has 8 nitrogen and oxygen atoms in total. The van der Waals surface area contributed by atoms with Crippen LogP contribution in [0, 0.1) is 24.2 Å². The number of nitriles is 1. The Balaban J connectivity index is 1.76. The molecule has 1 saturated heterocycles. The summed E-state index contributed by atoms with van der Waals surface area (Å²) in [7, 11) is 1.56. The van der Waals surface area contributed by atoms with E-state index in [9.17, 15) is 19.6 Å². The Hall–Kier alpha value is -3.60. The third-order valence-corrected chi connectivity index (χ3v) is 4.66. The first-order chi connectivity index (χ1) is 13.3. The van der Waals surface area contributed by atoms with Gasteiger partial charge in [-0.3, -0.25) is 19.7 Å². The second-order valence-electron chi connectivity index (χ2n) is 6.50. The van der Waals surface area contributed by atoms with Gasteiger partial charge in [-0.2, -0.15) is 5.26 Å². The molecule has 0 saturated carbocycles. The zero-order chi connectivity index (χ0) is 20.4. The second kappa shape index (κ2) is 7.56. The van der Waals surface area contributed by atoms with Gasteiger partial charge in [0.1, 0.15) is 23.1 Å². The summed E-state index contributed by atoms with van der Waals surface area (Å²) in [6.07, 6.45) is 0.0407. The Bertz CT molecular complexity index is 985. The van der Waals surface area contributed by atoms with E-state index in [4.69, 9.17) is 9.15 Å². The maximum absolute atomic E-state index is 12.6. The lowest BCUT2D eigenvalue weighted by Crippen LogP contribution is -2.28. The maximum Gasteiger partial charge on any atom is 0.232 e. The summed E-state index contributed by atoms with van der Waals surface area (Å²) in [5.74, 6) is -0.668. The number of ether oxygens (including phenoxy) is 1. The van der Waals surface area contributed by atoms with Crippen molar-refractivity contribution in [2.75, 3.05) is 23.9 Å². The minimum Gasteiger partial charge on any atom is -0.497 e. The van der Waals surface area contributed by atoms with Crippen molar-refractivity contribution < 1.29 is 23.5 Å². The molecular weight excluding hydrogens is 362 g/mol. The van der Waals surface area contributed by atoms with Crippen LogP contribution in [0.4, 0.5) is 11.6 Å². The van der Waals surface area contributed by atoms with E-state index in [0.717, 1.165) is 0 Å². The van der Waals surface area contributed by atoms with Crippen LogP contribution in [0.15, 0.2) is 28.7 Å². The largest absolute Gasteiger partial charge is 0.497 e. The SMILES string of the molecule is COc1ccc(N2CC(C(=O)Nc3oc(C)c(C(C)=O)c3C#N)CC2=O)cc1. The summed E-state index contributed by atoms with van der Waals surface area (Å²) in [5, 5.41) is 11.9. The van der Waals surface area contributed by atoms with E-state index in [-0.39, 0.29) is 47.4 Å². The van der Waals surface area contributed by atoms with Crippen molar-refractivity contribution in [3.05, 3.63) is 41.2 Å². The Morgan fingerprint density at radius 1 is 1.32 bits per heavy atom. The van der Waals surface area contributed by atoms with Gasteiger partial charge in [-0.25, -0.2) is 0 Å². The Labute approximate surface area is 161 Å². The first-order valence-electron chi connectivity index (χ1n) is 8.65. The van der Waals surface area contributed by atoms with Crippen molar-refractivity contribution >= 4 is 29.2 Å². The number of rotatable bonds is 5. The van der Waals surface area contributed by atoms with Crippen LogP contribution in [0.25, 0.3) is 0 Å². The molecule has 0 spiro atoms. The average molecular weight is 381 g/mol. The highest BCUT2D eigenvalue weighted by Gasteiger charge is 2.36. The van der Waals surface area contributed by atoms with Gasteiger partial charge in [-0.15, -0.1) is 0 Å². The van der Waals surface area contributed by atoms with E-state index in [1.807, 2.05) is 6.07 Å². The maximum atomic E-state index is 12.6. The lowest BCUT2D eigenvalue weighted by Gasteiger charge is -2.17. The van der Waals surface area contributed by atoms with E-state index in [1.165, 1.54) is 11.8 Å². The van der Waals surface area contributed by atoms with Gasteiger partial charge < -0.3 is 14.1 Å². The van der Waals surface area contributed by atoms with Gasteiger partial charge in [0.05, 0.1) is 18.6 Å². The number of benzene rings is 1. The number of carbonyl (C=O) groups is 3. The molecule has 1 aromatic carbocycles. The number of Topliss-reactive ketones (excluding diaryl/α,β-unsaturated/α-hetero) is 1. The average Bonchev–Trinajstić information content (AvgIpc) is 3.21. The Morgan fingerprint density at radius 3 is 2.57 bits per heavy atom. The smallest absolute Gasteiger partial charge is 0.232 e. The van der Waals surface area contributed by atoms with Crippen LogP contribution in [0.1, 0.15) is 35.0 Å². The van der Waals surface area contributed by atoms with Gasteiger partial charge in [0.15, 0.2) is 5.78 Å². The lowest BCUT2D eigenvalue weighted by molar-refractivity contribution is -0.122. The van der Waals surface area contributed by atoms with Crippen LogP contribution < -0.4 is 15.0 Å². The minimum atomic E-state index is -0.604. The zero-order valence-corrected chi connectivity index (χ0v) is 15.7. The molecule has 2 heterocycles. The lowest BCUT2D eigenvalue weighted by atomic mass is 10.1. The van der Waals surface area contributed by atoms with Crippen molar-refractivity contribution in [2.24, 2.45) is 5.92 Å². The van der Waals surface area contributed by atoms with Crippen LogP contribution in [-0.4, -0.2) is 31.3 Å². The molecule has 8 heteroatoms. The number of anilines is 2. The van der Waals surface area contributed by atoms with E-state index in [1.54, 1.807) is 38.3 Å². The van der Waals surface area contributed by atoms with Crippen LogP contribution in [0.5, 0.6) is 5.75 Å². The van der Waals surface area contributed by atoms with E-state index < -0.39 is 11.8 Å². The van der Waals surface area contributed by atoms with Gasteiger partial charge in [0.2, 0.25) is 17.7 Å². The highest BCUT2D eigenvalue weighted by Crippen LogP contribution is 2.30. The van der Waals surface area contributed by atoms with Gasteiger partial charge in [0.25, 0.3) is 0 Å². The summed E-state index contributed by atoms with van der Waals surface area (Å²) >= 11 is 0. The third kappa shape index (κ3) is 3.47. The molecule has 0 aliphatic carbocycles. The highest BCUT2D eigenvalue weighted by molar-refractivity contribution is 6.05. The monoisotopic (exact) mass is 381 g/mol. The standard InChI is InChI=1S/C20H19N3O5/c1-11(24)18-12(2)28-20(16(18)9-21)22-19(26)13-8-17(25)23(10-13)14-4-6-15(27-3)7-5-14/h4-7,13H,8,10H2,1-3H3,(H,22,26). The number of nitrogens with zero attached hydrogens (tertiary/aromatic N) is 2. The van der Waals surface area contributed by atoms with Crippen molar-refractivity contribution in [3.63, 3.8) is 0 Å². The summed E-state index contributed by atoms with van der Waals surface area (Å²) in [6.45, 7) is 3.09. The van der Waals surface area contributed by atoms with Crippen LogP contribution in [0.2, 0.25) is 0 Å². The first-order valence-corrected chi connectivity index (χ1v) is 8.65. The number of amides is 2. The topological polar surface area (TPSA) is 113 Å². The molecule has 1 unspecified atom stereocenters. The van der Waals surface area contributed by atoms with E-state index in [2.05, 4.69) is 5.32 Å². The summed E-state index contributed by atoms with van der Waals surface area (Å²) in [6, 6.07) is 8.88. The highest BCUT2D eigenvalue weighted by atomic mass is 16.5. The Morgan fingerprint density at radius 2 is 2.00 bits per heavy atom. The van der Waals surface area contributed by atoms with E-state index >= 15 is 0 Å². The third-order valence-electron chi connectivity index (χ3n) is 4.66. The number of ketones is 1. The van der Waals surface area contributed by atoms with Crippen molar-refractivity contribution in [1.29, 1.82) is 5.26 Å². The molecule has 3 rings (SSSR count). The predicted molar refractivity (Wildman–Crippen MR) is 100 cm³/mol. The number of carbonyl (C=O) groups excluding carboxylic acids is 3. The molecule has 0 radical (unpaired) electrons.